The highest BCUT2D eigenvalue weighted by Gasteiger charge is 2.22. The molecule has 1 aromatic heterocycles. The predicted molar refractivity (Wildman–Crippen MR) is 120 cm³/mol. The molecule has 1 aromatic rings. The van der Waals surface area contributed by atoms with Gasteiger partial charge in [0.1, 0.15) is 23.0 Å². The third kappa shape index (κ3) is 9.15. The molecular formula is C20H29Cl2N5O5. The molecule has 0 aromatic carbocycles. The Labute approximate surface area is 197 Å². The number of carbonyl (C=O) groups excluding carboxylic acids is 2. The molecule has 1 fully saturated rings. The highest BCUT2D eigenvalue weighted by Crippen LogP contribution is 2.16. The minimum atomic E-state index is -0.863. The molecule has 32 heavy (non-hydrogen) atoms. The second-order valence-electron chi connectivity index (χ2n) is 7.45. The molecule has 10 nitrogen and oxygen atoms in total. The van der Waals surface area contributed by atoms with Crippen molar-refractivity contribution in [2.45, 2.75) is 31.9 Å². The average molecular weight is 490 g/mol. The number of aromatic nitrogens is 1. The number of hydrogen-bond acceptors (Lipinski definition) is 7. The fourth-order valence-corrected chi connectivity index (χ4v) is 3.82. The summed E-state index contributed by atoms with van der Waals surface area (Å²) >= 11 is 11.7. The summed E-state index contributed by atoms with van der Waals surface area (Å²) in [5, 5.41) is 15.1. The van der Waals surface area contributed by atoms with E-state index >= 15 is 0 Å². The number of hydrogen-bond donors (Lipinski definition) is 3. The lowest BCUT2D eigenvalue weighted by atomic mass is 10.1. The molecule has 1 atom stereocenters. The van der Waals surface area contributed by atoms with Gasteiger partial charge in [0.2, 0.25) is 0 Å². The molecule has 178 valence electrons. The number of aliphatic carboxylic acids is 1. The summed E-state index contributed by atoms with van der Waals surface area (Å²) < 4.78 is 5.33. The standard InChI is InChI=1S/C20H29Cl2N5O5/c1-23-15(19(30)32-13-14-10-16(21)25-17(22)11-14)4-2-3-5-24-20(31)27-8-6-26(7-9-27)12-18(28)29/h10-11,15,23H,2-9,12-13H2,1H3,(H,24,31)(H,28,29)/t15-/m0/s1. The Morgan fingerprint density at radius 2 is 1.81 bits per heavy atom. The van der Waals surface area contributed by atoms with Gasteiger partial charge in [0.05, 0.1) is 6.54 Å². The molecule has 0 bridgehead atoms. The molecular weight excluding hydrogens is 461 g/mol. The molecule has 1 aliphatic rings. The van der Waals surface area contributed by atoms with Crippen LogP contribution in [-0.4, -0.2) is 90.2 Å². The van der Waals surface area contributed by atoms with Gasteiger partial charge in [-0.25, -0.2) is 9.78 Å². The lowest BCUT2D eigenvalue weighted by Crippen LogP contribution is -2.52. The molecule has 0 saturated carbocycles. The number of unbranched alkanes of at least 4 members (excludes halogenated alkanes) is 1. The topological polar surface area (TPSA) is 124 Å². The van der Waals surface area contributed by atoms with Gasteiger partial charge in [-0.15, -0.1) is 0 Å². The van der Waals surface area contributed by atoms with Crippen molar-refractivity contribution in [2.24, 2.45) is 0 Å². The number of nitrogens with zero attached hydrogens (tertiary/aromatic N) is 3. The summed E-state index contributed by atoms with van der Waals surface area (Å²) in [5.74, 6) is -1.24. The van der Waals surface area contributed by atoms with Crippen LogP contribution in [0.1, 0.15) is 24.8 Å². The molecule has 0 radical (unpaired) electrons. The lowest BCUT2D eigenvalue weighted by molar-refractivity contribution is -0.147. The van der Waals surface area contributed by atoms with E-state index in [2.05, 4.69) is 15.6 Å². The second-order valence-corrected chi connectivity index (χ2v) is 8.23. The van der Waals surface area contributed by atoms with Crippen LogP contribution in [0.4, 0.5) is 4.79 Å². The number of ether oxygens (including phenoxy) is 1. The Hall–Kier alpha value is -2.14. The molecule has 1 saturated heterocycles. The van der Waals surface area contributed by atoms with Crippen LogP contribution in [0.25, 0.3) is 0 Å². The third-order valence-corrected chi connectivity index (χ3v) is 5.44. The summed E-state index contributed by atoms with van der Waals surface area (Å²) in [6.45, 7) is 2.63. The van der Waals surface area contributed by atoms with Crippen LogP contribution in [0.2, 0.25) is 10.3 Å². The minimum Gasteiger partial charge on any atom is -0.480 e. The summed E-state index contributed by atoms with van der Waals surface area (Å²) in [7, 11) is 1.69. The number of carbonyl (C=O) groups is 3. The van der Waals surface area contributed by atoms with Crippen LogP contribution in [-0.2, 0) is 20.9 Å². The number of carboxylic acids is 1. The van der Waals surface area contributed by atoms with Gasteiger partial charge in [-0.1, -0.05) is 23.2 Å². The Morgan fingerprint density at radius 3 is 2.41 bits per heavy atom. The molecule has 0 spiro atoms. The zero-order chi connectivity index (χ0) is 23.5. The SMILES string of the molecule is CN[C@@H](CCCCNC(=O)N1CCN(CC(=O)O)CC1)C(=O)OCc1cc(Cl)nc(Cl)c1. The first-order valence-corrected chi connectivity index (χ1v) is 11.2. The number of nitrogens with one attached hydrogen (secondary N) is 2. The first kappa shape index (κ1) is 26.1. The Balaban J connectivity index is 1.61. The maximum Gasteiger partial charge on any atom is 0.323 e. The van der Waals surface area contributed by atoms with Crippen LogP contribution in [0.15, 0.2) is 12.1 Å². The number of piperazine rings is 1. The van der Waals surface area contributed by atoms with Gasteiger partial charge >= 0.3 is 18.0 Å². The van der Waals surface area contributed by atoms with Crippen LogP contribution >= 0.6 is 23.2 Å². The first-order valence-electron chi connectivity index (χ1n) is 10.4. The first-order chi connectivity index (χ1) is 15.3. The van der Waals surface area contributed by atoms with Gasteiger partial charge in [-0.3, -0.25) is 14.5 Å². The van der Waals surface area contributed by atoms with Crippen molar-refractivity contribution in [2.75, 3.05) is 46.3 Å². The summed E-state index contributed by atoms with van der Waals surface area (Å²) in [6, 6.07) is 2.56. The van der Waals surface area contributed by atoms with Crippen molar-refractivity contribution < 1.29 is 24.2 Å². The zero-order valence-corrected chi connectivity index (χ0v) is 19.5. The van der Waals surface area contributed by atoms with Crippen LogP contribution in [0.3, 0.4) is 0 Å². The monoisotopic (exact) mass is 489 g/mol. The molecule has 0 aliphatic carbocycles. The molecule has 2 heterocycles. The third-order valence-electron chi connectivity index (χ3n) is 5.05. The van der Waals surface area contributed by atoms with E-state index in [-0.39, 0.29) is 35.5 Å². The van der Waals surface area contributed by atoms with E-state index in [1.807, 2.05) is 0 Å². The average Bonchev–Trinajstić information content (AvgIpc) is 2.74. The van der Waals surface area contributed by atoms with Crippen molar-refractivity contribution in [3.63, 3.8) is 0 Å². The van der Waals surface area contributed by atoms with Gasteiger partial charge in [-0.2, -0.15) is 0 Å². The number of rotatable bonds is 11. The fraction of sp³-hybridized carbons (Fsp3) is 0.600. The number of carboxylic acid groups (broad SMARTS) is 1. The maximum absolute atomic E-state index is 12.3. The highest BCUT2D eigenvalue weighted by molar-refractivity contribution is 6.32. The van der Waals surface area contributed by atoms with Gasteiger partial charge in [0.25, 0.3) is 0 Å². The van der Waals surface area contributed by atoms with Crippen molar-refractivity contribution >= 4 is 41.2 Å². The van der Waals surface area contributed by atoms with Crippen molar-refractivity contribution in [1.82, 2.24) is 25.4 Å². The molecule has 2 amide bonds. The number of amides is 2. The summed E-state index contributed by atoms with van der Waals surface area (Å²) in [6.07, 6.45) is 2.00. The molecule has 12 heteroatoms. The van der Waals surface area contributed by atoms with Crippen LogP contribution in [0.5, 0.6) is 0 Å². The Morgan fingerprint density at radius 1 is 1.16 bits per heavy atom. The smallest absolute Gasteiger partial charge is 0.323 e. The number of esters is 1. The van der Waals surface area contributed by atoms with Crippen molar-refractivity contribution in [1.29, 1.82) is 0 Å². The highest BCUT2D eigenvalue weighted by atomic mass is 35.5. The zero-order valence-electron chi connectivity index (χ0n) is 18.0. The van der Waals surface area contributed by atoms with E-state index in [1.54, 1.807) is 29.0 Å². The normalized spacial score (nSPS) is 15.3. The van der Waals surface area contributed by atoms with Gasteiger partial charge in [0.15, 0.2) is 0 Å². The molecule has 2 rings (SSSR count). The Kier molecular flexibility index (Phi) is 10.9. The van der Waals surface area contributed by atoms with Crippen LogP contribution < -0.4 is 10.6 Å². The van der Waals surface area contributed by atoms with E-state index in [1.165, 1.54) is 0 Å². The summed E-state index contributed by atoms with van der Waals surface area (Å²) in [5.41, 5.74) is 0.657. The minimum absolute atomic E-state index is 0.00538. The largest absolute Gasteiger partial charge is 0.480 e. The lowest BCUT2D eigenvalue weighted by Gasteiger charge is -2.33. The predicted octanol–water partition coefficient (Wildman–Crippen LogP) is 1.60. The van der Waals surface area contributed by atoms with E-state index in [9.17, 15) is 14.4 Å². The van der Waals surface area contributed by atoms with E-state index < -0.39 is 12.0 Å². The molecule has 3 N–H and O–H groups in total. The van der Waals surface area contributed by atoms with Crippen molar-refractivity contribution in [3.05, 3.63) is 28.0 Å². The fourth-order valence-electron chi connectivity index (χ4n) is 3.31. The number of urea groups is 1. The Bertz CT molecular complexity index is 769. The second kappa shape index (κ2) is 13.4. The quantitative estimate of drug-likeness (QED) is 0.243. The van der Waals surface area contributed by atoms with E-state index in [0.717, 1.165) is 6.42 Å². The summed E-state index contributed by atoms with van der Waals surface area (Å²) in [4.78, 5) is 42.6. The number of pyridine rings is 1. The molecule has 0 unspecified atom stereocenters. The van der Waals surface area contributed by atoms with Gasteiger partial charge < -0.3 is 25.4 Å². The van der Waals surface area contributed by atoms with Crippen LogP contribution in [0, 0.1) is 0 Å². The van der Waals surface area contributed by atoms with Crippen molar-refractivity contribution in [3.8, 4) is 0 Å². The number of likely N-dealkylation sites (N-methyl/N-ethyl adjacent to an activating group) is 1. The van der Waals surface area contributed by atoms with Gasteiger partial charge in [0, 0.05) is 32.7 Å². The van der Waals surface area contributed by atoms with E-state index in [4.69, 9.17) is 33.0 Å². The number of halogens is 2. The maximum atomic E-state index is 12.3. The molecule has 1 aliphatic heterocycles. The van der Waals surface area contributed by atoms with E-state index in [0.29, 0.717) is 51.1 Å². The van der Waals surface area contributed by atoms with Gasteiger partial charge in [-0.05, 0) is 44.0 Å².